The van der Waals surface area contributed by atoms with E-state index < -0.39 is 15.9 Å². The average molecular weight is 393 g/mol. The number of nitrogens with two attached hydrogens (primary N) is 1. The fourth-order valence-corrected chi connectivity index (χ4v) is 2.80. The fraction of sp³-hybridized carbons (Fsp3) is 0.588. The Hall–Kier alpha value is -1.31. The number of ether oxygens (including phenoxy) is 1. The van der Waals surface area contributed by atoms with Crippen LogP contribution >= 0.6 is 12.4 Å². The standard InChI is InChI=1S/C17H28N2O4S.ClH/c1-5-13(2)16(18)17(20)19(3)10-7-11-23-14-8-6-9-15(12-14)24(4,21)22;/h6,8-9,12-13,16H,5,7,10-11,18H2,1-4H3;1H. The summed E-state index contributed by atoms with van der Waals surface area (Å²) in [4.78, 5) is 14.0. The number of carbonyl (C=O) groups excluding carboxylic acids is 1. The zero-order valence-corrected chi connectivity index (χ0v) is 16.9. The van der Waals surface area contributed by atoms with Gasteiger partial charge < -0.3 is 15.4 Å². The van der Waals surface area contributed by atoms with Gasteiger partial charge in [0.05, 0.1) is 17.5 Å². The van der Waals surface area contributed by atoms with E-state index >= 15 is 0 Å². The van der Waals surface area contributed by atoms with Gasteiger partial charge in [0.2, 0.25) is 5.91 Å². The minimum Gasteiger partial charge on any atom is -0.493 e. The van der Waals surface area contributed by atoms with Crippen molar-refractivity contribution in [3.05, 3.63) is 24.3 Å². The maximum atomic E-state index is 12.2. The quantitative estimate of drug-likeness (QED) is 0.650. The maximum Gasteiger partial charge on any atom is 0.239 e. The molecule has 0 aliphatic rings. The first-order valence-electron chi connectivity index (χ1n) is 8.10. The summed E-state index contributed by atoms with van der Waals surface area (Å²) in [5, 5.41) is 0. The lowest BCUT2D eigenvalue weighted by molar-refractivity contribution is -0.132. The van der Waals surface area contributed by atoms with Crippen LogP contribution < -0.4 is 10.5 Å². The molecule has 0 radical (unpaired) electrons. The summed E-state index contributed by atoms with van der Waals surface area (Å²) < 4.78 is 28.6. The highest BCUT2D eigenvalue weighted by Gasteiger charge is 2.22. The third kappa shape index (κ3) is 7.63. The van der Waals surface area contributed by atoms with E-state index in [1.807, 2.05) is 13.8 Å². The molecule has 1 rings (SSSR count). The third-order valence-electron chi connectivity index (χ3n) is 4.06. The SMILES string of the molecule is CCC(C)C(N)C(=O)N(C)CCCOc1cccc(S(C)(=O)=O)c1.Cl. The Morgan fingerprint density at radius 1 is 1.36 bits per heavy atom. The molecule has 0 aromatic heterocycles. The number of hydrogen-bond donors (Lipinski definition) is 1. The Morgan fingerprint density at radius 3 is 2.56 bits per heavy atom. The summed E-state index contributed by atoms with van der Waals surface area (Å²) in [5.41, 5.74) is 5.95. The van der Waals surface area contributed by atoms with Crippen LogP contribution in [0.3, 0.4) is 0 Å². The number of benzene rings is 1. The molecular weight excluding hydrogens is 364 g/mol. The summed E-state index contributed by atoms with van der Waals surface area (Å²) in [6.07, 6.45) is 2.66. The average Bonchev–Trinajstić information content (AvgIpc) is 2.55. The third-order valence-corrected chi connectivity index (χ3v) is 5.17. The van der Waals surface area contributed by atoms with Crippen molar-refractivity contribution >= 4 is 28.2 Å². The van der Waals surface area contributed by atoms with Crippen LogP contribution in [0.2, 0.25) is 0 Å². The van der Waals surface area contributed by atoms with Gasteiger partial charge in [-0.3, -0.25) is 4.79 Å². The van der Waals surface area contributed by atoms with Crippen LogP contribution in [-0.2, 0) is 14.6 Å². The molecule has 0 saturated carbocycles. The Balaban J connectivity index is 0.00000576. The fourth-order valence-electron chi connectivity index (χ4n) is 2.15. The highest BCUT2D eigenvalue weighted by Crippen LogP contribution is 2.17. The van der Waals surface area contributed by atoms with E-state index in [-0.39, 0.29) is 29.1 Å². The minimum absolute atomic E-state index is 0. The van der Waals surface area contributed by atoms with E-state index in [9.17, 15) is 13.2 Å². The van der Waals surface area contributed by atoms with E-state index in [1.54, 1.807) is 24.1 Å². The lowest BCUT2D eigenvalue weighted by atomic mass is 9.99. The van der Waals surface area contributed by atoms with Gasteiger partial charge in [0.25, 0.3) is 0 Å². The van der Waals surface area contributed by atoms with Crippen LogP contribution in [0.5, 0.6) is 5.75 Å². The first-order valence-corrected chi connectivity index (χ1v) is 9.99. The molecule has 1 aromatic rings. The van der Waals surface area contributed by atoms with Gasteiger partial charge in [-0.1, -0.05) is 26.3 Å². The normalized spacial score (nSPS) is 13.5. The molecule has 0 saturated heterocycles. The molecule has 2 N–H and O–H groups in total. The topological polar surface area (TPSA) is 89.7 Å². The summed E-state index contributed by atoms with van der Waals surface area (Å²) in [7, 11) is -1.52. The maximum absolute atomic E-state index is 12.2. The highest BCUT2D eigenvalue weighted by molar-refractivity contribution is 7.90. The summed E-state index contributed by atoms with van der Waals surface area (Å²) in [6.45, 7) is 4.91. The largest absolute Gasteiger partial charge is 0.493 e. The molecule has 0 spiro atoms. The highest BCUT2D eigenvalue weighted by atomic mass is 35.5. The van der Waals surface area contributed by atoms with Crippen molar-refractivity contribution in [1.82, 2.24) is 4.90 Å². The Bertz CT molecular complexity index is 652. The first-order chi connectivity index (χ1) is 11.2. The first kappa shape index (κ1) is 23.7. The Kier molecular flexibility index (Phi) is 10.1. The van der Waals surface area contributed by atoms with E-state index in [0.29, 0.717) is 25.3 Å². The van der Waals surface area contributed by atoms with E-state index in [2.05, 4.69) is 0 Å². The Morgan fingerprint density at radius 2 is 2.00 bits per heavy atom. The predicted octanol–water partition coefficient (Wildman–Crippen LogP) is 2.11. The van der Waals surface area contributed by atoms with Crippen molar-refractivity contribution in [3.8, 4) is 5.75 Å². The number of sulfone groups is 1. The number of rotatable bonds is 9. The molecule has 0 bridgehead atoms. The van der Waals surface area contributed by atoms with Crippen LogP contribution in [0.25, 0.3) is 0 Å². The number of halogens is 1. The van der Waals surface area contributed by atoms with Crippen LogP contribution in [0.4, 0.5) is 0 Å². The van der Waals surface area contributed by atoms with Crippen molar-refractivity contribution in [2.45, 2.75) is 37.6 Å². The van der Waals surface area contributed by atoms with Gasteiger partial charge in [-0.25, -0.2) is 8.42 Å². The number of nitrogens with zero attached hydrogens (tertiary/aromatic N) is 1. The van der Waals surface area contributed by atoms with Crippen LogP contribution in [0, 0.1) is 5.92 Å². The Labute approximate surface area is 157 Å². The number of carbonyl (C=O) groups is 1. The molecule has 0 aliphatic carbocycles. The molecule has 8 heteroatoms. The van der Waals surface area contributed by atoms with Gasteiger partial charge in [-0.15, -0.1) is 12.4 Å². The van der Waals surface area contributed by atoms with Crippen LogP contribution in [0.1, 0.15) is 26.7 Å². The molecule has 0 aliphatic heterocycles. The smallest absolute Gasteiger partial charge is 0.239 e. The molecule has 1 amide bonds. The predicted molar refractivity (Wildman–Crippen MR) is 102 cm³/mol. The lowest BCUT2D eigenvalue weighted by Crippen LogP contribution is -2.45. The molecule has 0 fully saturated rings. The second-order valence-electron chi connectivity index (χ2n) is 6.12. The van der Waals surface area contributed by atoms with E-state index in [0.717, 1.165) is 12.7 Å². The zero-order valence-electron chi connectivity index (χ0n) is 15.3. The molecule has 1 aromatic carbocycles. The molecule has 0 heterocycles. The van der Waals surface area contributed by atoms with Crippen LogP contribution in [0.15, 0.2) is 29.2 Å². The van der Waals surface area contributed by atoms with Gasteiger partial charge in [0, 0.05) is 19.8 Å². The van der Waals surface area contributed by atoms with Crippen molar-refractivity contribution in [3.63, 3.8) is 0 Å². The molecule has 2 atom stereocenters. The number of amides is 1. The van der Waals surface area contributed by atoms with Gasteiger partial charge in [-0.05, 0) is 30.5 Å². The van der Waals surface area contributed by atoms with Gasteiger partial charge in [0.1, 0.15) is 5.75 Å². The van der Waals surface area contributed by atoms with Gasteiger partial charge >= 0.3 is 0 Å². The van der Waals surface area contributed by atoms with Crippen molar-refractivity contribution in [2.75, 3.05) is 26.5 Å². The molecule has 144 valence electrons. The van der Waals surface area contributed by atoms with E-state index in [4.69, 9.17) is 10.5 Å². The minimum atomic E-state index is -3.25. The van der Waals surface area contributed by atoms with Crippen LogP contribution in [-0.4, -0.2) is 51.7 Å². The molecule has 25 heavy (non-hydrogen) atoms. The van der Waals surface area contributed by atoms with Gasteiger partial charge in [-0.2, -0.15) is 0 Å². The van der Waals surface area contributed by atoms with Gasteiger partial charge in [0.15, 0.2) is 9.84 Å². The summed E-state index contributed by atoms with van der Waals surface area (Å²) >= 11 is 0. The second-order valence-corrected chi connectivity index (χ2v) is 8.14. The lowest BCUT2D eigenvalue weighted by Gasteiger charge is -2.24. The van der Waals surface area contributed by atoms with Crippen molar-refractivity contribution in [1.29, 1.82) is 0 Å². The summed E-state index contributed by atoms with van der Waals surface area (Å²) in [6, 6.07) is 5.91. The van der Waals surface area contributed by atoms with E-state index in [1.165, 1.54) is 12.1 Å². The summed E-state index contributed by atoms with van der Waals surface area (Å²) in [5.74, 6) is 0.585. The molecule has 2 unspecified atom stereocenters. The number of hydrogen-bond acceptors (Lipinski definition) is 5. The van der Waals surface area contributed by atoms with Crippen molar-refractivity contribution < 1.29 is 17.9 Å². The molecule has 6 nitrogen and oxygen atoms in total. The number of likely N-dealkylation sites (N-methyl/N-ethyl adjacent to an activating group) is 1. The monoisotopic (exact) mass is 392 g/mol. The van der Waals surface area contributed by atoms with Crippen molar-refractivity contribution in [2.24, 2.45) is 11.7 Å². The zero-order chi connectivity index (χ0) is 18.3. The second kappa shape index (κ2) is 10.6. The molecular formula is C17H29ClN2O4S.